The molecular formula is C19H20FN3O4S. The molecule has 1 fully saturated rings. The zero-order valence-corrected chi connectivity index (χ0v) is 15.8. The minimum atomic E-state index is -3.99. The third kappa shape index (κ3) is 4.30. The lowest BCUT2D eigenvalue weighted by atomic mass is 9.96. The Morgan fingerprint density at radius 3 is 2.25 bits per heavy atom. The van der Waals surface area contributed by atoms with Gasteiger partial charge in [-0.3, -0.25) is 14.3 Å². The van der Waals surface area contributed by atoms with Crippen molar-refractivity contribution in [1.29, 1.82) is 0 Å². The fourth-order valence-electron chi connectivity index (χ4n) is 3.11. The molecule has 2 amide bonds. The predicted molar refractivity (Wildman–Crippen MR) is 101 cm³/mol. The van der Waals surface area contributed by atoms with Crippen LogP contribution in [0.5, 0.6) is 0 Å². The summed E-state index contributed by atoms with van der Waals surface area (Å²) < 4.78 is 40.6. The van der Waals surface area contributed by atoms with Crippen molar-refractivity contribution in [2.24, 2.45) is 11.7 Å². The Labute approximate surface area is 162 Å². The van der Waals surface area contributed by atoms with E-state index in [-0.39, 0.29) is 33.9 Å². The number of nitrogens with one attached hydrogen (secondary N) is 1. The first-order chi connectivity index (χ1) is 13.3. The van der Waals surface area contributed by atoms with E-state index in [0.29, 0.717) is 25.9 Å². The van der Waals surface area contributed by atoms with Crippen LogP contribution in [0.15, 0.2) is 53.4 Å². The summed E-state index contributed by atoms with van der Waals surface area (Å²) in [6.45, 7) is 0.733. The van der Waals surface area contributed by atoms with Crippen LogP contribution in [0.25, 0.3) is 0 Å². The van der Waals surface area contributed by atoms with Crippen LogP contribution in [0.2, 0.25) is 0 Å². The number of likely N-dealkylation sites (tertiary alicyclic amines) is 1. The maximum atomic E-state index is 13.1. The second-order valence-electron chi connectivity index (χ2n) is 6.57. The molecule has 0 bridgehead atoms. The highest BCUT2D eigenvalue weighted by molar-refractivity contribution is 7.92. The molecule has 1 heterocycles. The summed E-state index contributed by atoms with van der Waals surface area (Å²) in [5.41, 5.74) is 5.65. The first-order valence-corrected chi connectivity index (χ1v) is 10.2. The van der Waals surface area contributed by atoms with E-state index in [4.69, 9.17) is 5.73 Å². The summed E-state index contributed by atoms with van der Waals surface area (Å²) in [5, 5.41) is 0. The number of hydrogen-bond acceptors (Lipinski definition) is 4. The molecular weight excluding hydrogens is 385 g/mol. The number of hydrogen-bond donors (Lipinski definition) is 2. The number of amides is 2. The average molecular weight is 405 g/mol. The number of halogens is 1. The number of benzene rings is 2. The molecule has 28 heavy (non-hydrogen) atoms. The second kappa shape index (κ2) is 7.97. The number of primary amides is 1. The average Bonchev–Trinajstić information content (AvgIpc) is 2.68. The molecule has 3 N–H and O–H groups in total. The fraction of sp³-hybridized carbons (Fsp3) is 0.263. The van der Waals surface area contributed by atoms with E-state index in [1.165, 1.54) is 12.1 Å². The largest absolute Gasteiger partial charge is 0.369 e. The molecule has 148 valence electrons. The molecule has 0 radical (unpaired) electrons. The lowest BCUT2D eigenvalue weighted by Gasteiger charge is -2.31. The van der Waals surface area contributed by atoms with Gasteiger partial charge < -0.3 is 10.6 Å². The summed E-state index contributed by atoms with van der Waals surface area (Å²) in [5.74, 6) is -1.51. The highest BCUT2D eigenvalue weighted by atomic mass is 32.2. The summed E-state index contributed by atoms with van der Waals surface area (Å²) in [4.78, 5) is 25.6. The first-order valence-electron chi connectivity index (χ1n) is 8.74. The Morgan fingerprint density at radius 2 is 1.64 bits per heavy atom. The molecule has 0 saturated carbocycles. The molecule has 0 aliphatic carbocycles. The molecule has 7 nitrogen and oxygen atoms in total. The molecule has 3 rings (SSSR count). The van der Waals surface area contributed by atoms with E-state index in [1.807, 2.05) is 0 Å². The van der Waals surface area contributed by atoms with Gasteiger partial charge in [0.2, 0.25) is 5.91 Å². The third-order valence-electron chi connectivity index (χ3n) is 4.71. The van der Waals surface area contributed by atoms with E-state index in [1.54, 1.807) is 17.0 Å². The number of nitrogens with zero attached hydrogens (tertiary/aromatic N) is 1. The van der Waals surface area contributed by atoms with Crippen molar-refractivity contribution in [1.82, 2.24) is 4.90 Å². The fourth-order valence-corrected chi connectivity index (χ4v) is 4.19. The zero-order chi connectivity index (χ0) is 20.3. The van der Waals surface area contributed by atoms with Crippen LogP contribution in [0.4, 0.5) is 10.1 Å². The number of nitrogens with two attached hydrogens (primary N) is 1. The number of piperidine rings is 1. The van der Waals surface area contributed by atoms with Crippen LogP contribution in [0.3, 0.4) is 0 Å². The van der Waals surface area contributed by atoms with Gasteiger partial charge in [0.1, 0.15) is 5.82 Å². The summed E-state index contributed by atoms with van der Waals surface area (Å²) in [6.07, 6.45) is 0.953. The molecule has 1 saturated heterocycles. The maximum absolute atomic E-state index is 13.1. The van der Waals surface area contributed by atoms with Crippen LogP contribution >= 0.6 is 0 Å². The van der Waals surface area contributed by atoms with Crippen LogP contribution in [-0.2, 0) is 14.8 Å². The van der Waals surface area contributed by atoms with Crippen molar-refractivity contribution >= 4 is 27.5 Å². The highest BCUT2D eigenvalue weighted by Crippen LogP contribution is 2.24. The molecule has 1 aliphatic heterocycles. The SMILES string of the molecule is NC(=O)C1CCN(C(=O)c2ccccc2NS(=O)(=O)c2ccc(F)cc2)CC1. The zero-order valence-electron chi connectivity index (χ0n) is 15.0. The number of carbonyl (C=O) groups excluding carboxylic acids is 2. The van der Waals surface area contributed by atoms with E-state index in [2.05, 4.69) is 4.72 Å². The van der Waals surface area contributed by atoms with Gasteiger partial charge in [0.25, 0.3) is 15.9 Å². The summed E-state index contributed by atoms with van der Waals surface area (Å²) in [7, 11) is -3.99. The topological polar surface area (TPSA) is 110 Å². The molecule has 0 atom stereocenters. The van der Waals surface area contributed by atoms with Crippen LogP contribution in [0, 0.1) is 11.7 Å². The Hall–Kier alpha value is -2.94. The Morgan fingerprint density at radius 1 is 1.04 bits per heavy atom. The molecule has 2 aromatic rings. The van der Waals surface area contributed by atoms with Crippen molar-refractivity contribution in [2.45, 2.75) is 17.7 Å². The molecule has 0 unspecified atom stereocenters. The van der Waals surface area contributed by atoms with Crippen LogP contribution in [0.1, 0.15) is 23.2 Å². The van der Waals surface area contributed by atoms with Crippen molar-refractivity contribution in [3.05, 3.63) is 59.9 Å². The number of rotatable bonds is 5. The molecule has 2 aromatic carbocycles. The Kier molecular flexibility index (Phi) is 5.64. The number of para-hydroxylation sites is 1. The van der Waals surface area contributed by atoms with Crippen molar-refractivity contribution < 1.29 is 22.4 Å². The van der Waals surface area contributed by atoms with E-state index >= 15 is 0 Å². The number of carbonyl (C=O) groups is 2. The molecule has 0 spiro atoms. The van der Waals surface area contributed by atoms with Gasteiger partial charge in [-0.2, -0.15) is 0 Å². The van der Waals surface area contributed by atoms with Crippen LogP contribution < -0.4 is 10.5 Å². The van der Waals surface area contributed by atoms with Gasteiger partial charge in [-0.1, -0.05) is 12.1 Å². The molecule has 1 aliphatic rings. The normalized spacial score (nSPS) is 15.2. The van der Waals surface area contributed by atoms with Gasteiger partial charge in [-0.25, -0.2) is 12.8 Å². The van der Waals surface area contributed by atoms with Gasteiger partial charge in [0.15, 0.2) is 0 Å². The van der Waals surface area contributed by atoms with Gasteiger partial charge in [0.05, 0.1) is 16.1 Å². The van der Waals surface area contributed by atoms with Gasteiger partial charge in [-0.05, 0) is 49.2 Å². The van der Waals surface area contributed by atoms with E-state index in [9.17, 15) is 22.4 Å². The monoisotopic (exact) mass is 405 g/mol. The smallest absolute Gasteiger partial charge is 0.261 e. The Balaban J connectivity index is 1.80. The second-order valence-corrected chi connectivity index (χ2v) is 8.26. The number of sulfonamides is 1. The summed E-state index contributed by atoms with van der Waals surface area (Å²) >= 11 is 0. The predicted octanol–water partition coefficient (Wildman–Crippen LogP) is 1.96. The standard InChI is InChI=1S/C19H20FN3O4S/c20-14-5-7-15(8-6-14)28(26,27)22-17-4-2-1-3-16(17)19(25)23-11-9-13(10-12-23)18(21)24/h1-8,13,22H,9-12H2,(H2,21,24). The van der Waals surface area contributed by atoms with E-state index in [0.717, 1.165) is 24.3 Å². The Bertz CT molecular complexity index is 984. The highest BCUT2D eigenvalue weighted by Gasteiger charge is 2.28. The molecule has 9 heteroatoms. The first kappa shape index (κ1) is 19.8. The van der Waals surface area contributed by atoms with E-state index < -0.39 is 15.8 Å². The lowest BCUT2D eigenvalue weighted by Crippen LogP contribution is -2.42. The van der Waals surface area contributed by atoms with Crippen molar-refractivity contribution in [3.8, 4) is 0 Å². The van der Waals surface area contributed by atoms with Gasteiger partial charge in [0, 0.05) is 19.0 Å². The number of anilines is 1. The minimum absolute atomic E-state index is 0.113. The maximum Gasteiger partial charge on any atom is 0.261 e. The van der Waals surface area contributed by atoms with Crippen LogP contribution in [-0.4, -0.2) is 38.2 Å². The lowest BCUT2D eigenvalue weighted by molar-refractivity contribution is -0.123. The van der Waals surface area contributed by atoms with Gasteiger partial charge >= 0.3 is 0 Å². The van der Waals surface area contributed by atoms with Gasteiger partial charge in [-0.15, -0.1) is 0 Å². The third-order valence-corrected chi connectivity index (χ3v) is 6.09. The minimum Gasteiger partial charge on any atom is -0.369 e. The van der Waals surface area contributed by atoms with Crippen molar-refractivity contribution in [3.63, 3.8) is 0 Å². The molecule has 0 aromatic heterocycles. The summed E-state index contributed by atoms with van der Waals surface area (Å²) in [6, 6.07) is 10.7. The quantitative estimate of drug-likeness (QED) is 0.792. The van der Waals surface area contributed by atoms with Crippen molar-refractivity contribution in [2.75, 3.05) is 17.8 Å².